The van der Waals surface area contributed by atoms with Crippen LogP contribution in [-0.2, 0) is 28.7 Å². The van der Waals surface area contributed by atoms with Crippen LogP contribution in [-0.4, -0.2) is 115 Å². The van der Waals surface area contributed by atoms with Gasteiger partial charge in [0.25, 0.3) is 0 Å². The molecule has 0 spiro atoms. The van der Waals surface area contributed by atoms with Crippen LogP contribution in [0.4, 0.5) is 0 Å². The van der Waals surface area contributed by atoms with Gasteiger partial charge in [0.2, 0.25) is 0 Å². The summed E-state index contributed by atoms with van der Waals surface area (Å²) in [7, 11) is 0. The van der Waals surface area contributed by atoms with Crippen molar-refractivity contribution in [1.29, 1.82) is 0 Å². The number of thioether (sulfide) groups is 6. The fourth-order valence-corrected chi connectivity index (χ4v) is 13.8. The average Bonchev–Trinajstić information content (AvgIpc) is 3.84. The summed E-state index contributed by atoms with van der Waals surface area (Å²) in [5.41, 5.74) is 0. The number of benzene rings is 2. The molecule has 2 aromatic carbocycles. The molecule has 0 saturated carbocycles. The molecule has 0 aromatic heterocycles. The predicted octanol–water partition coefficient (Wildman–Crippen LogP) is 6.78. The van der Waals surface area contributed by atoms with Crippen molar-refractivity contribution in [2.75, 3.05) is 59.2 Å². The Kier molecular flexibility index (Phi) is 19.2. The van der Waals surface area contributed by atoms with Gasteiger partial charge in [-0.25, -0.2) is 19.2 Å². The molecule has 2 saturated heterocycles. The number of rotatable bonds is 22. The Bertz CT molecular complexity index is 1350. The van der Waals surface area contributed by atoms with Crippen LogP contribution in [0.15, 0.2) is 82.6 Å². The van der Waals surface area contributed by atoms with Gasteiger partial charge in [-0.3, -0.25) is 0 Å². The van der Waals surface area contributed by atoms with E-state index in [9.17, 15) is 19.2 Å². The molecule has 2 aromatic rings. The van der Waals surface area contributed by atoms with Crippen molar-refractivity contribution < 1.29 is 48.3 Å². The predicted molar refractivity (Wildman–Crippen MR) is 213 cm³/mol. The van der Waals surface area contributed by atoms with E-state index in [1.165, 1.54) is 0 Å². The molecule has 0 aliphatic carbocycles. The normalized spacial score (nSPS) is 16.3. The number of hydrogen-bond donors (Lipinski definition) is 2. The summed E-state index contributed by atoms with van der Waals surface area (Å²) in [5, 5.41) is 17.6. The molecule has 4 rings (SSSR count). The third-order valence-corrected chi connectivity index (χ3v) is 16.8. The molecule has 2 N–H and O–H groups in total. The van der Waals surface area contributed by atoms with Crippen molar-refractivity contribution in [2.24, 2.45) is 0 Å². The third-order valence-electron chi connectivity index (χ3n) is 6.54. The first-order valence-electron chi connectivity index (χ1n) is 15.7. The molecule has 51 heavy (non-hydrogen) atoms. The average molecular weight is 831 g/mol. The van der Waals surface area contributed by atoms with Gasteiger partial charge in [-0.15, -0.1) is 47.0 Å². The maximum atomic E-state index is 12.2. The van der Waals surface area contributed by atoms with Gasteiger partial charge in [0, 0.05) is 80.1 Å². The van der Waals surface area contributed by atoms with Crippen molar-refractivity contribution in [3.05, 3.63) is 72.8 Å². The highest BCUT2D eigenvalue weighted by atomic mass is 32.2. The number of carbonyl (C=O) groups excluding carboxylic acids is 2. The fourth-order valence-electron chi connectivity index (χ4n) is 4.24. The largest absolute Gasteiger partial charge is 0.490 e. The number of carboxylic acids is 2. The van der Waals surface area contributed by atoms with Crippen molar-refractivity contribution in [3.8, 4) is 11.5 Å². The summed E-state index contributed by atoms with van der Waals surface area (Å²) >= 11 is 12.7. The molecular formula is C34H38O10S7. The summed E-state index contributed by atoms with van der Waals surface area (Å²) in [5.74, 6) is 4.83. The van der Waals surface area contributed by atoms with E-state index in [1.807, 2.05) is 95.6 Å². The number of carbonyl (C=O) groups is 4. The monoisotopic (exact) mass is 830 g/mol. The molecule has 2 fully saturated rings. The van der Waals surface area contributed by atoms with E-state index < -0.39 is 36.1 Å². The second kappa shape index (κ2) is 23.5. The lowest BCUT2D eigenvalue weighted by Gasteiger charge is -2.18. The number of esters is 2. The number of carboxylic acid groups (broad SMARTS) is 2. The lowest BCUT2D eigenvalue weighted by Crippen LogP contribution is -2.27. The Morgan fingerprint density at radius 1 is 0.627 bits per heavy atom. The van der Waals surface area contributed by atoms with Crippen LogP contribution in [0, 0.1) is 0 Å². The van der Waals surface area contributed by atoms with Crippen LogP contribution < -0.4 is 9.47 Å². The topological polar surface area (TPSA) is 146 Å². The Morgan fingerprint density at radius 2 is 1.00 bits per heavy atom. The first-order chi connectivity index (χ1) is 24.7. The van der Waals surface area contributed by atoms with Gasteiger partial charge in [0.05, 0.1) is 9.16 Å². The summed E-state index contributed by atoms with van der Waals surface area (Å²) in [6.07, 6.45) is 2.24. The van der Waals surface area contributed by atoms with Crippen molar-refractivity contribution in [1.82, 2.24) is 0 Å². The minimum absolute atomic E-state index is 0.134. The van der Waals surface area contributed by atoms with Crippen molar-refractivity contribution in [3.63, 3.8) is 0 Å². The van der Waals surface area contributed by atoms with Gasteiger partial charge in [0.1, 0.15) is 36.9 Å². The summed E-state index contributed by atoms with van der Waals surface area (Å²) < 4.78 is 23.9. The van der Waals surface area contributed by atoms with E-state index in [4.69, 9.17) is 29.2 Å². The first kappa shape index (κ1) is 41.6. The number of aliphatic carboxylic acids is 2. The summed E-state index contributed by atoms with van der Waals surface area (Å²) in [6.45, 7) is 0.268. The number of ether oxygens (including phenoxy) is 4. The van der Waals surface area contributed by atoms with E-state index in [0.29, 0.717) is 32.2 Å². The Morgan fingerprint density at radius 3 is 1.35 bits per heavy atom. The fraction of sp³-hybridized carbons (Fsp3) is 0.412. The molecule has 2 unspecified atom stereocenters. The summed E-state index contributed by atoms with van der Waals surface area (Å²) in [6, 6.07) is 15.1. The van der Waals surface area contributed by atoms with Crippen LogP contribution in [0.3, 0.4) is 0 Å². The highest BCUT2D eigenvalue weighted by Gasteiger charge is 2.21. The van der Waals surface area contributed by atoms with E-state index in [1.54, 1.807) is 35.3 Å². The molecule has 0 bridgehead atoms. The van der Waals surface area contributed by atoms with Crippen molar-refractivity contribution >= 4 is 106 Å². The zero-order chi connectivity index (χ0) is 36.3. The maximum absolute atomic E-state index is 12.2. The van der Waals surface area contributed by atoms with E-state index >= 15 is 0 Å². The number of hydrogen-bond acceptors (Lipinski definition) is 15. The highest BCUT2D eigenvalue weighted by Crippen LogP contribution is 2.35. The highest BCUT2D eigenvalue weighted by molar-refractivity contribution is 8.21. The molecule has 0 amide bonds. The lowest BCUT2D eigenvalue weighted by molar-refractivity contribution is -0.144. The molecule has 10 nitrogen and oxygen atoms in total. The second-order valence-corrected chi connectivity index (χ2v) is 19.7. The molecular weight excluding hydrogens is 793 g/mol. The quantitative estimate of drug-likeness (QED) is 0.0949. The SMILES string of the molecule is O=C(O)C=CC(=O)OC(COc1ccc(Sc2ccc(OCC(CSCC3SCCS3)OC(=O)C=CC(=O)O)cc2)cc1)CSCC1SCCS1. The molecule has 2 aliphatic heterocycles. The second-order valence-electron chi connectivity index (χ2n) is 10.5. The molecule has 276 valence electrons. The van der Waals surface area contributed by atoms with Crippen molar-refractivity contribution in [2.45, 2.75) is 31.2 Å². The lowest BCUT2D eigenvalue weighted by atomic mass is 10.3. The molecule has 2 aliphatic rings. The van der Waals surface area contributed by atoms with Gasteiger partial charge < -0.3 is 29.2 Å². The van der Waals surface area contributed by atoms with Gasteiger partial charge in [0.15, 0.2) is 0 Å². The Balaban J connectivity index is 1.24. The van der Waals surface area contributed by atoms with E-state index in [2.05, 4.69) is 0 Å². The molecule has 17 heteroatoms. The first-order valence-corrected chi connectivity index (χ1v) is 23.0. The minimum atomic E-state index is -1.22. The van der Waals surface area contributed by atoms with Crippen LogP contribution in [0.5, 0.6) is 11.5 Å². The minimum Gasteiger partial charge on any atom is -0.490 e. The van der Waals surface area contributed by atoms with Gasteiger partial charge in [-0.05, 0) is 48.5 Å². The van der Waals surface area contributed by atoms with E-state index in [-0.39, 0.29) is 13.2 Å². The Hall–Kier alpha value is -2.15. The zero-order valence-electron chi connectivity index (χ0n) is 27.3. The smallest absolute Gasteiger partial charge is 0.331 e. The maximum Gasteiger partial charge on any atom is 0.331 e. The van der Waals surface area contributed by atoms with Gasteiger partial charge in [-0.2, -0.15) is 23.5 Å². The molecule has 0 radical (unpaired) electrons. The summed E-state index contributed by atoms with van der Waals surface area (Å²) in [4.78, 5) is 47.8. The zero-order valence-corrected chi connectivity index (χ0v) is 33.0. The standard InChI is InChI=1S/C34H38O10S7/c35-29(36)9-11-31(39)43-25(19-45-21-33-47-13-14-48-33)17-41-23-1-5-27(6-2-23)51-28-7-3-24(4-8-28)42-18-26(44-32(40)12-10-30(37)38)20-46-22-34-49-15-16-50-34/h1-12,25-26,33-34H,13-22H2,(H,35,36)(H,37,38). The van der Waals surface area contributed by atoms with Crippen LogP contribution >= 0.6 is 82.3 Å². The third kappa shape index (κ3) is 17.5. The van der Waals surface area contributed by atoms with E-state index in [0.717, 1.165) is 68.6 Å². The Labute approximate surface area is 327 Å². The van der Waals surface area contributed by atoms with Crippen LogP contribution in [0.2, 0.25) is 0 Å². The molecule has 2 atom stereocenters. The van der Waals surface area contributed by atoms with Gasteiger partial charge in [-0.1, -0.05) is 11.8 Å². The van der Waals surface area contributed by atoms with Gasteiger partial charge >= 0.3 is 23.9 Å². The molecule has 2 heterocycles. The van der Waals surface area contributed by atoms with Crippen LogP contribution in [0.1, 0.15) is 0 Å². The van der Waals surface area contributed by atoms with Crippen LogP contribution in [0.25, 0.3) is 0 Å².